The molecule has 0 aliphatic carbocycles. The summed E-state index contributed by atoms with van der Waals surface area (Å²) in [6, 6.07) is 5.96. The molecule has 60 valence electrons. The van der Waals surface area contributed by atoms with Gasteiger partial charge in [0.2, 0.25) is 0 Å². The number of rotatable bonds is 0. The Morgan fingerprint density at radius 1 is 1.42 bits per heavy atom. The topological polar surface area (TPSA) is 9.23 Å². The van der Waals surface area contributed by atoms with Crippen molar-refractivity contribution in [1.29, 1.82) is 0 Å². The Balaban J connectivity index is 2.44. The van der Waals surface area contributed by atoms with Gasteiger partial charge in [-0.1, -0.05) is 12.0 Å². The van der Waals surface area contributed by atoms with Crippen LogP contribution in [0.15, 0.2) is 18.2 Å². The highest BCUT2D eigenvalue weighted by molar-refractivity contribution is 5.44. The quantitative estimate of drug-likeness (QED) is 0.525. The van der Waals surface area contributed by atoms with Crippen LogP contribution >= 0.6 is 0 Å². The van der Waals surface area contributed by atoms with Crippen LogP contribution in [-0.2, 0) is 6.42 Å². The van der Waals surface area contributed by atoms with Gasteiger partial charge in [0.25, 0.3) is 0 Å². The third-order valence-electron chi connectivity index (χ3n) is 2.08. The first-order valence-corrected chi connectivity index (χ1v) is 4.12. The van der Waals surface area contributed by atoms with Gasteiger partial charge < -0.3 is 4.74 Å². The lowest BCUT2D eigenvalue weighted by Gasteiger charge is -2.16. The SMILES string of the molecule is C#Cc1ccc2c(c1)OCCC2. The molecule has 1 heterocycles. The van der Waals surface area contributed by atoms with Gasteiger partial charge in [-0.05, 0) is 30.5 Å². The van der Waals surface area contributed by atoms with Crippen molar-refractivity contribution in [1.82, 2.24) is 0 Å². The molecule has 0 aromatic heterocycles. The summed E-state index contributed by atoms with van der Waals surface area (Å²) in [5.41, 5.74) is 2.18. The first kappa shape index (κ1) is 7.24. The summed E-state index contributed by atoms with van der Waals surface area (Å²) in [4.78, 5) is 0. The molecule has 0 amide bonds. The fraction of sp³-hybridized carbons (Fsp3) is 0.273. The Kier molecular flexibility index (Phi) is 1.75. The molecule has 0 radical (unpaired) electrons. The number of fused-ring (bicyclic) bond motifs is 1. The van der Waals surface area contributed by atoms with Crippen molar-refractivity contribution in [2.45, 2.75) is 12.8 Å². The van der Waals surface area contributed by atoms with Crippen LogP contribution in [0.25, 0.3) is 0 Å². The number of aryl methyl sites for hydroxylation is 1. The van der Waals surface area contributed by atoms with Gasteiger partial charge in [-0.2, -0.15) is 0 Å². The first-order chi connectivity index (χ1) is 5.90. The fourth-order valence-corrected chi connectivity index (χ4v) is 1.43. The highest BCUT2D eigenvalue weighted by Crippen LogP contribution is 2.25. The van der Waals surface area contributed by atoms with Crippen molar-refractivity contribution in [3.8, 4) is 18.1 Å². The molecule has 0 saturated carbocycles. The average molecular weight is 158 g/mol. The Morgan fingerprint density at radius 3 is 3.17 bits per heavy atom. The van der Waals surface area contributed by atoms with E-state index in [1.54, 1.807) is 0 Å². The molecule has 1 aromatic rings. The number of terminal acetylenes is 1. The summed E-state index contributed by atoms with van der Waals surface area (Å²) in [6.07, 6.45) is 7.50. The van der Waals surface area contributed by atoms with E-state index in [2.05, 4.69) is 12.0 Å². The van der Waals surface area contributed by atoms with E-state index in [1.807, 2.05) is 12.1 Å². The summed E-state index contributed by atoms with van der Waals surface area (Å²) < 4.78 is 5.47. The maximum atomic E-state index is 5.47. The van der Waals surface area contributed by atoms with E-state index >= 15 is 0 Å². The van der Waals surface area contributed by atoms with E-state index in [-0.39, 0.29) is 0 Å². The molecule has 0 atom stereocenters. The van der Waals surface area contributed by atoms with Crippen molar-refractivity contribution in [3.63, 3.8) is 0 Å². The Labute approximate surface area is 72.4 Å². The second-order valence-electron chi connectivity index (χ2n) is 2.92. The highest BCUT2D eigenvalue weighted by Gasteiger charge is 2.09. The molecule has 0 fully saturated rings. The number of benzene rings is 1. The van der Waals surface area contributed by atoms with Gasteiger partial charge in [0, 0.05) is 5.56 Å². The zero-order valence-corrected chi connectivity index (χ0v) is 6.84. The molecule has 0 spiro atoms. The Bertz CT molecular complexity index is 333. The second-order valence-corrected chi connectivity index (χ2v) is 2.92. The van der Waals surface area contributed by atoms with Crippen LogP contribution in [0.4, 0.5) is 0 Å². The molecule has 1 aliphatic heterocycles. The van der Waals surface area contributed by atoms with Crippen LogP contribution in [-0.4, -0.2) is 6.61 Å². The molecule has 0 saturated heterocycles. The lowest BCUT2D eigenvalue weighted by molar-refractivity contribution is 0.288. The summed E-state index contributed by atoms with van der Waals surface area (Å²) >= 11 is 0. The van der Waals surface area contributed by atoms with Gasteiger partial charge in [-0.15, -0.1) is 6.42 Å². The molecule has 0 bridgehead atoms. The Morgan fingerprint density at radius 2 is 2.33 bits per heavy atom. The summed E-state index contributed by atoms with van der Waals surface area (Å²) in [5, 5.41) is 0. The van der Waals surface area contributed by atoms with E-state index in [9.17, 15) is 0 Å². The van der Waals surface area contributed by atoms with Gasteiger partial charge >= 0.3 is 0 Å². The molecule has 0 unspecified atom stereocenters. The number of hydrogen-bond donors (Lipinski definition) is 0. The van der Waals surface area contributed by atoms with Gasteiger partial charge in [0.05, 0.1) is 6.61 Å². The lowest BCUT2D eigenvalue weighted by atomic mass is 10.0. The minimum absolute atomic E-state index is 0.820. The largest absolute Gasteiger partial charge is 0.493 e. The summed E-state index contributed by atoms with van der Waals surface area (Å²) in [6.45, 7) is 0.820. The Hall–Kier alpha value is -1.42. The van der Waals surface area contributed by atoms with Crippen molar-refractivity contribution < 1.29 is 4.74 Å². The zero-order valence-electron chi connectivity index (χ0n) is 6.84. The summed E-state index contributed by atoms with van der Waals surface area (Å²) in [5.74, 6) is 3.57. The van der Waals surface area contributed by atoms with E-state index in [0.717, 1.165) is 30.8 Å². The smallest absolute Gasteiger partial charge is 0.123 e. The van der Waals surface area contributed by atoms with E-state index < -0.39 is 0 Å². The summed E-state index contributed by atoms with van der Waals surface area (Å²) in [7, 11) is 0. The first-order valence-electron chi connectivity index (χ1n) is 4.12. The fourth-order valence-electron chi connectivity index (χ4n) is 1.43. The van der Waals surface area contributed by atoms with Gasteiger partial charge in [-0.25, -0.2) is 0 Å². The van der Waals surface area contributed by atoms with Crippen molar-refractivity contribution >= 4 is 0 Å². The number of hydrogen-bond acceptors (Lipinski definition) is 1. The molecule has 12 heavy (non-hydrogen) atoms. The maximum Gasteiger partial charge on any atom is 0.123 e. The van der Waals surface area contributed by atoms with Gasteiger partial charge in [0.1, 0.15) is 5.75 Å². The van der Waals surface area contributed by atoms with Crippen LogP contribution in [0, 0.1) is 12.3 Å². The minimum atomic E-state index is 0.820. The van der Waals surface area contributed by atoms with Crippen LogP contribution in [0.5, 0.6) is 5.75 Å². The van der Waals surface area contributed by atoms with Crippen LogP contribution in [0.1, 0.15) is 17.5 Å². The highest BCUT2D eigenvalue weighted by atomic mass is 16.5. The molecule has 0 N–H and O–H groups in total. The van der Waals surface area contributed by atoms with E-state index in [0.29, 0.717) is 0 Å². The third kappa shape index (κ3) is 1.16. The van der Waals surface area contributed by atoms with Crippen molar-refractivity contribution in [2.24, 2.45) is 0 Å². The van der Waals surface area contributed by atoms with E-state index in [1.165, 1.54) is 5.56 Å². The lowest BCUT2D eigenvalue weighted by Crippen LogP contribution is -2.08. The van der Waals surface area contributed by atoms with Crippen LogP contribution in [0.3, 0.4) is 0 Å². The molecule has 1 aliphatic rings. The maximum absolute atomic E-state index is 5.47. The molecule has 1 aromatic carbocycles. The monoisotopic (exact) mass is 158 g/mol. The molecule has 2 rings (SSSR count). The van der Waals surface area contributed by atoms with Crippen LogP contribution in [0.2, 0.25) is 0 Å². The predicted molar refractivity (Wildman–Crippen MR) is 48.2 cm³/mol. The van der Waals surface area contributed by atoms with E-state index in [4.69, 9.17) is 11.2 Å². The third-order valence-corrected chi connectivity index (χ3v) is 2.08. The van der Waals surface area contributed by atoms with Crippen molar-refractivity contribution in [3.05, 3.63) is 29.3 Å². The van der Waals surface area contributed by atoms with Gasteiger partial charge in [0.15, 0.2) is 0 Å². The molecular formula is C11H10O. The molecular weight excluding hydrogens is 148 g/mol. The minimum Gasteiger partial charge on any atom is -0.493 e. The molecule has 1 heteroatoms. The van der Waals surface area contributed by atoms with Crippen LogP contribution < -0.4 is 4.74 Å². The number of ether oxygens (including phenoxy) is 1. The normalized spacial score (nSPS) is 14.2. The standard InChI is InChI=1S/C11H10O/c1-2-9-5-6-10-4-3-7-12-11(10)8-9/h1,5-6,8H,3-4,7H2. The van der Waals surface area contributed by atoms with Gasteiger partial charge in [-0.3, -0.25) is 0 Å². The predicted octanol–water partition coefficient (Wildman–Crippen LogP) is 1.99. The molecule has 1 nitrogen and oxygen atoms in total. The second kappa shape index (κ2) is 2.91. The van der Waals surface area contributed by atoms with Crippen molar-refractivity contribution in [2.75, 3.05) is 6.61 Å². The average Bonchev–Trinajstić information content (AvgIpc) is 2.17. The zero-order chi connectivity index (χ0) is 8.39.